The molecule has 0 fully saturated rings. The maximum absolute atomic E-state index is 14.0. The van der Waals surface area contributed by atoms with Crippen LogP contribution in [0, 0.1) is 18.6 Å². The molecule has 0 aliphatic carbocycles. The van der Waals surface area contributed by atoms with Crippen LogP contribution in [0.2, 0.25) is 0 Å². The molecule has 0 radical (unpaired) electrons. The highest BCUT2D eigenvalue weighted by Crippen LogP contribution is 2.40. The van der Waals surface area contributed by atoms with Crippen LogP contribution in [0.5, 0.6) is 0 Å². The van der Waals surface area contributed by atoms with E-state index in [4.69, 9.17) is 4.98 Å². The van der Waals surface area contributed by atoms with Crippen LogP contribution >= 0.6 is 11.3 Å². The summed E-state index contributed by atoms with van der Waals surface area (Å²) in [6.07, 6.45) is 0. The number of aromatic nitrogens is 3. The van der Waals surface area contributed by atoms with Gasteiger partial charge in [-0.1, -0.05) is 58.0 Å². The normalized spacial score (nSPS) is 11.9. The van der Waals surface area contributed by atoms with Crippen LogP contribution in [-0.2, 0) is 7.05 Å². The van der Waals surface area contributed by atoms with Gasteiger partial charge in [0.05, 0.1) is 22.8 Å². The average molecular weight is 553 g/mol. The van der Waals surface area contributed by atoms with Gasteiger partial charge in [0.1, 0.15) is 22.3 Å². The lowest BCUT2D eigenvalue weighted by molar-refractivity contribution is -0.633. The SMILES string of the molecule is Cc1c(-c2n(-c3c(C(C)C)cccc3C(C)C)c3ccccc3[n+]2C)ccc2nc(-c3cc(F)cc(F)c3)sc12. The number of imidazole rings is 1. The molecule has 2 aromatic heterocycles. The van der Waals surface area contributed by atoms with Crippen molar-refractivity contribution < 1.29 is 13.3 Å². The zero-order valence-electron chi connectivity index (χ0n) is 23.6. The van der Waals surface area contributed by atoms with Gasteiger partial charge in [0.15, 0.2) is 11.0 Å². The molecule has 6 heteroatoms. The molecular formula is C34H32F2N3S+. The maximum atomic E-state index is 14.0. The fraction of sp³-hybridized carbons (Fsp3) is 0.235. The van der Waals surface area contributed by atoms with Crippen molar-refractivity contribution in [3.05, 3.63) is 101 Å². The molecular weight excluding hydrogens is 520 g/mol. The molecule has 2 heterocycles. The van der Waals surface area contributed by atoms with Gasteiger partial charge in [0.2, 0.25) is 0 Å². The van der Waals surface area contributed by atoms with Crippen molar-refractivity contribution in [1.82, 2.24) is 9.55 Å². The summed E-state index contributed by atoms with van der Waals surface area (Å²) >= 11 is 1.47. The quantitative estimate of drug-likeness (QED) is 0.195. The molecule has 0 bridgehead atoms. The Bertz CT molecular complexity index is 1870. The molecule has 6 aromatic rings. The third-order valence-electron chi connectivity index (χ3n) is 7.74. The van der Waals surface area contributed by atoms with E-state index in [1.54, 1.807) is 0 Å². The predicted molar refractivity (Wildman–Crippen MR) is 161 cm³/mol. The lowest BCUT2D eigenvalue weighted by Crippen LogP contribution is -2.30. The lowest BCUT2D eigenvalue weighted by atomic mass is 9.92. The Morgan fingerprint density at radius 3 is 2.12 bits per heavy atom. The minimum atomic E-state index is -0.604. The van der Waals surface area contributed by atoms with E-state index in [0.29, 0.717) is 22.4 Å². The van der Waals surface area contributed by atoms with E-state index in [2.05, 4.69) is 99.3 Å². The first-order valence-electron chi connectivity index (χ1n) is 13.6. The summed E-state index contributed by atoms with van der Waals surface area (Å²) in [6, 6.07) is 22.9. The summed E-state index contributed by atoms with van der Waals surface area (Å²) in [5.41, 5.74) is 9.60. The number of para-hydroxylation sites is 3. The molecule has 0 aliphatic heterocycles. The maximum Gasteiger partial charge on any atom is 0.295 e. The second-order valence-electron chi connectivity index (χ2n) is 11.1. The largest absolute Gasteiger partial charge is 0.295 e. The van der Waals surface area contributed by atoms with E-state index in [1.807, 2.05) is 6.07 Å². The number of fused-ring (bicyclic) bond motifs is 2. The standard InChI is InChI=1S/C34H32F2N3S/c1-19(2)25-10-9-11-26(20(3)4)31(25)39-30-13-8-7-12-29(30)38(6)34(39)27-14-15-28-32(21(27)5)40-33(37-28)22-16-23(35)18-24(36)17-22/h7-20H,1-6H3/q+1. The van der Waals surface area contributed by atoms with Crippen molar-refractivity contribution >= 4 is 32.6 Å². The fourth-order valence-electron chi connectivity index (χ4n) is 5.78. The van der Waals surface area contributed by atoms with Crippen molar-refractivity contribution in [3.63, 3.8) is 0 Å². The average Bonchev–Trinajstić information content (AvgIpc) is 3.48. The van der Waals surface area contributed by atoms with E-state index in [0.717, 1.165) is 44.3 Å². The minimum Gasteiger partial charge on any atom is -0.236 e. The van der Waals surface area contributed by atoms with Gasteiger partial charge in [0.25, 0.3) is 5.82 Å². The molecule has 6 rings (SSSR count). The van der Waals surface area contributed by atoms with Crippen LogP contribution in [0.4, 0.5) is 8.78 Å². The first-order chi connectivity index (χ1) is 19.2. The summed E-state index contributed by atoms with van der Waals surface area (Å²) in [5.74, 6) is 0.558. The number of halogens is 2. The van der Waals surface area contributed by atoms with Crippen molar-refractivity contribution in [2.45, 2.75) is 46.5 Å². The fourth-order valence-corrected chi connectivity index (χ4v) is 6.83. The Morgan fingerprint density at radius 1 is 0.825 bits per heavy atom. The molecule has 0 amide bonds. The summed E-state index contributed by atoms with van der Waals surface area (Å²) in [5, 5.41) is 0.603. The Balaban J connectivity index is 1.67. The molecule has 202 valence electrons. The summed E-state index contributed by atoms with van der Waals surface area (Å²) in [4.78, 5) is 4.75. The second-order valence-corrected chi connectivity index (χ2v) is 12.1. The summed E-state index contributed by atoms with van der Waals surface area (Å²) in [6.45, 7) is 11.1. The number of aryl methyl sites for hydroxylation is 2. The first-order valence-corrected chi connectivity index (χ1v) is 14.5. The second kappa shape index (κ2) is 9.93. The topological polar surface area (TPSA) is 21.7 Å². The zero-order valence-corrected chi connectivity index (χ0v) is 24.4. The highest BCUT2D eigenvalue weighted by molar-refractivity contribution is 7.21. The molecule has 0 spiro atoms. The van der Waals surface area contributed by atoms with E-state index in [9.17, 15) is 8.78 Å². The van der Waals surface area contributed by atoms with Crippen LogP contribution < -0.4 is 4.57 Å². The smallest absolute Gasteiger partial charge is 0.236 e. The van der Waals surface area contributed by atoms with Gasteiger partial charge in [0, 0.05) is 22.8 Å². The van der Waals surface area contributed by atoms with Crippen LogP contribution in [0.1, 0.15) is 56.2 Å². The molecule has 0 saturated heterocycles. The number of hydrogen-bond donors (Lipinski definition) is 0. The van der Waals surface area contributed by atoms with Crippen molar-refractivity contribution in [1.29, 1.82) is 0 Å². The van der Waals surface area contributed by atoms with Crippen molar-refractivity contribution in [3.8, 4) is 27.6 Å². The van der Waals surface area contributed by atoms with Gasteiger partial charge in [-0.15, -0.1) is 11.3 Å². The van der Waals surface area contributed by atoms with Gasteiger partial charge in [-0.2, -0.15) is 4.57 Å². The van der Waals surface area contributed by atoms with Crippen LogP contribution in [0.3, 0.4) is 0 Å². The van der Waals surface area contributed by atoms with Gasteiger partial charge in [-0.3, -0.25) is 0 Å². The minimum absolute atomic E-state index is 0.340. The predicted octanol–water partition coefficient (Wildman–Crippen LogP) is 9.23. The zero-order chi connectivity index (χ0) is 28.3. The van der Waals surface area contributed by atoms with Gasteiger partial charge in [-0.25, -0.2) is 18.3 Å². The Labute approximate surface area is 237 Å². The van der Waals surface area contributed by atoms with Crippen LogP contribution in [0.25, 0.3) is 48.9 Å². The molecule has 0 atom stereocenters. The highest BCUT2D eigenvalue weighted by atomic mass is 32.1. The van der Waals surface area contributed by atoms with Gasteiger partial charge < -0.3 is 0 Å². The molecule has 4 aromatic carbocycles. The summed E-state index contributed by atoms with van der Waals surface area (Å²) < 4.78 is 33.7. The van der Waals surface area contributed by atoms with Crippen molar-refractivity contribution in [2.24, 2.45) is 7.05 Å². The molecule has 0 N–H and O–H groups in total. The Morgan fingerprint density at radius 2 is 1.48 bits per heavy atom. The monoisotopic (exact) mass is 552 g/mol. The molecule has 0 unspecified atom stereocenters. The third-order valence-corrected chi connectivity index (χ3v) is 8.98. The number of thiazole rings is 1. The van der Waals surface area contributed by atoms with Gasteiger partial charge >= 0.3 is 0 Å². The summed E-state index contributed by atoms with van der Waals surface area (Å²) in [7, 11) is 2.12. The molecule has 0 aliphatic rings. The molecule has 40 heavy (non-hydrogen) atoms. The third kappa shape index (κ3) is 4.22. The Hall–Kier alpha value is -3.90. The molecule has 3 nitrogen and oxygen atoms in total. The van der Waals surface area contributed by atoms with E-state index in [1.165, 1.54) is 40.3 Å². The van der Waals surface area contributed by atoms with E-state index in [-0.39, 0.29) is 0 Å². The van der Waals surface area contributed by atoms with Crippen molar-refractivity contribution in [2.75, 3.05) is 0 Å². The molecule has 0 saturated carbocycles. The number of benzene rings is 4. The Kier molecular flexibility index (Phi) is 6.54. The van der Waals surface area contributed by atoms with Crippen LogP contribution in [0.15, 0.2) is 72.8 Å². The number of nitrogens with zero attached hydrogens (tertiary/aromatic N) is 3. The van der Waals surface area contributed by atoms with E-state index >= 15 is 0 Å². The lowest BCUT2D eigenvalue weighted by Gasteiger charge is -2.18. The first kappa shape index (κ1) is 26.3. The van der Waals surface area contributed by atoms with E-state index < -0.39 is 11.6 Å². The number of hydrogen-bond acceptors (Lipinski definition) is 2. The number of rotatable bonds is 5. The highest BCUT2D eigenvalue weighted by Gasteiger charge is 2.31. The van der Waals surface area contributed by atoms with Gasteiger partial charge in [-0.05, 0) is 60.7 Å². The van der Waals surface area contributed by atoms with Crippen LogP contribution in [-0.4, -0.2) is 9.55 Å².